The molecule has 0 aliphatic carbocycles. The molecule has 0 bridgehead atoms. The molecular weight excluding hydrogens is 262 g/mol. The Morgan fingerprint density at radius 2 is 2.37 bits per heavy atom. The fourth-order valence-electron chi connectivity index (χ4n) is 2.18. The molecule has 19 heavy (non-hydrogen) atoms. The first-order chi connectivity index (χ1) is 9.26. The molecule has 1 aromatic carbocycles. The van der Waals surface area contributed by atoms with Crippen molar-refractivity contribution in [3.8, 4) is 11.5 Å². The van der Waals surface area contributed by atoms with Crippen LogP contribution in [0.15, 0.2) is 18.2 Å². The number of para-hydroxylation sites is 1. The van der Waals surface area contributed by atoms with Gasteiger partial charge in [0.15, 0.2) is 11.5 Å². The Labute approximate surface area is 118 Å². The van der Waals surface area contributed by atoms with E-state index in [0.717, 1.165) is 12.2 Å². The van der Waals surface area contributed by atoms with Gasteiger partial charge >= 0.3 is 0 Å². The second-order valence-corrected chi connectivity index (χ2v) is 5.74. The Bertz CT molecular complexity index is 408. The predicted molar refractivity (Wildman–Crippen MR) is 78.0 cm³/mol. The molecule has 0 radical (unpaired) electrons. The Balaban J connectivity index is 2.24. The predicted octanol–water partition coefficient (Wildman–Crippen LogP) is 1.96. The van der Waals surface area contributed by atoms with Crippen LogP contribution in [-0.4, -0.2) is 36.4 Å². The summed E-state index contributed by atoms with van der Waals surface area (Å²) in [6.07, 6.45) is 1.67. The average molecular weight is 283 g/mol. The van der Waals surface area contributed by atoms with Crippen LogP contribution in [0.1, 0.15) is 24.5 Å². The Kier molecular flexibility index (Phi) is 5.36. The van der Waals surface area contributed by atoms with Crippen molar-refractivity contribution in [3.05, 3.63) is 23.8 Å². The number of rotatable bonds is 5. The van der Waals surface area contributed by atoms with Crippen LogP contribution in [0.3, 0.4) is 0 Å². The van der Waals surface area contributed by atoms with Crippen LogP contribution in [0, 0.1) is 0 Å². The molecule has 0 saturated carbocycles. The number of nitrogens with two attached hydrogens (primary N) is 1. The summed E-state index contributed by atoms with van der Waals surface area (Å²) >= 11 is 1.90. The van der Waals surface area contributed by atoms with Crippen molar-refractivity contribution in [2.75, 3.05) is 25.2 Å². The van der Waals surface area contributed by atoms with E-state index >= 15 is 0 Å². The topological polar surface area (TPSA) is 64.7 Å². The summed E-state index contributed by atoms with van der Waals surface area (Å²) in [5.74, 6) is 3.47. The molecule has 0 aromatic heterocycles. The molecule has 2 unspecified atom stereocenters. The molecule has 106 valence electrons. The van der Waals surface area contributed by atoms with E-state index < -0.39 is 6.10 Å². The van der Waals surface area contributed by atoms with E-state index in [-0.39, 0.29) is 12.6 Å². The molecule has 1 aliphatic rings. The minimum absolute atomic E-state index is 0.170. The van der Waals surface area contributed by atoms with Crippen molar-refractivity contribution in [3.63, 3.8) is 0 Å². The number of thioether (sulfide) groups is 1. The summed E-state index contributed by atoms with van der Waals surface area (Å²) < 4.78 is 11.4. The highest BCUT2D eigenvalue weighted by atomic mass is 32.2. The third kappa shape index (κ3) is 3.55. The van der Waals surface area contributed by atoms with Crippen LogP contribution in [0.5, 0.6) is 11.5 Å². The van der Waals surface area contributed by atoms with Gasteiger partial charge in [-0.3, -0.25) is 0 Å². The first-order valence-electron chi connectivity index (χ1n) is 6.55. The van der Waals surface area contributed by atoms with E-state index in [9.17, 15) is 5.11 Å². The van der Waals surface area contributed by atoms with Crippen molar-refractivity contribution >= 4 is 11.8 Å². The van der Waals surface area contributed by atoms with E-state index in [0.29, 0.717) is 17.1 Å². The van der Waals surface area contributed by atoms with E-state index in [1.54, 1.807) is 7.11 Å². The lowest BCUT2D eigenvalue weighted by Crippen LogP contribution is -2.25. The van der Waals surface area contributed by atoms with Gasteiger partial charge in [-0.15, -0.1) is 0 Å². The maximum atomic E-state index is 9.99. The quantitative estimate of drug-likeness (QED) is 0.865. The number of methoxy groups -OCH3 is 1. The molecular formula is C14H21NO3S. The van der Waals surface area contributed by atoms with Gasteiger partial charge in [0.05, 0.1) is 13.2 Å². The highest BCUT2D eigenvalue weighted by molar-refractivity contribution is 7.99. The first-order valence-corrected chi connectivity index (χ1v) is 7.71. The van der Waals surface area contributed by atoms with E-state index in [1.807, 2.05) is 30.0 Å². The van der Waals surface area contributed by atoms with Gasteiger partial charge in [0.25, 0.3) is 0 Å². The van der Waals surface area contributed by atoms with Gasteiger partial charge in [-0.05, 0) is 24.7 Å². The molecule has 1 aromatic rings. The van der Waals surface area contributed by atoms with Gasteiger partial charge < -0.3 is 20.3 Å². The second-order valence-electron chi connectivity index (χ2n) is 4.59. The normalized spacial score (nSPS) is 20.9. The molecule has 2 rings (SSSR count). The van der Waals surface area contributed by atoms with Crippen LogP contribution >= 0.6 is 11.8 Å². The zero-order valence-corrected chi connectivity index (χ0v) is 12.0. The molecule has 1 heterocycles. The molecule has 2 atom stereocenters. The Hall–Kier alpha value is -0.910. The van der Waals surface area contributed by atoms with Crippen LogP contribution in [0.25, 0.3) is 0 Å². The van der Waals surface area contributed by atoms with Crippen LogP contribution in [0.4, 0.5) is 0 Å². The Morgan fingerprint density at radius 3 is 3.00 bits per heavy atom. The zero-order chi connectivity index (χ0) is 13.7. The van der Waals surface area contributed by atoms with Crippen molar-refractivity contribution in [1.82, 2.24) is 0 Å². The van der Waals surface area contributed by atoms with Crippen molar-refractivity contribution in [2.45, 2.75) is 25.0 Å². The average Bonchev–Trinajstić information content (AvgIpc) is 2.47. The van der Waals surface area contributed by atoms with Crippen molar-refractivity contribution < 1.29 is 14.6 Å². The summed E-state index contributed by atoms with van der Waals surface area (Å²) in [5, 5.41) is 9.99. The maximum absolute atomic E-state index is 9.99. The molecule has 3 N–H and O–H groups in total. The first kappa shape index (κ1) is 14.5. The molecule has 5 heteroatoms. The monoisotopic (exact) mass is 283 g/mol. The summed E-state index contributed by atoms with van der Waals surface area (Å²) in [7, 11) is 1.61. The number of aliphatic hydroxyl groups excluding tert-OH is 1. The molecule has 4 nitrogen and oxygen atoms in total. The smallest absolute Gasteiger partial charge is 0.167 e. The number of ether oxygens (including phenoxy) is 2. The van der Waals surface area contributed by atoms with Crippen LogP contribution in [0.2, 0.25) is 0 Å². The Morgan fingerprint density at radius 1 is 1.53 bits per heavy atom. The SMILES string of the molecule is COc1cccc(C(O)CN)c1OC1CCCSC1. The third-order valence-electron chi connectivity index (χ3n) is 3.21. The second kappa shape index (κ2) is 7.03. The van der Waals surface area contributed by atoms with Crippen molar-refractivity contribution in [2.24, 2.45) is 5.73 Å². The molecule has 0 spiro atoms. The lowest BCUT2D eigenvalue weighted by atomic mass is 10.1. The number of aliphatic hydroxyl groups is 1. The molecule has 0 amide bonds. The lowest BCUT2D eigenvalue weighted by Gasteiger charge is -2.26. The number of hydrogen-bond donors (Lipinski definition) is 2. The summed E-state index contributed by atoms with van der Waals surface area (Å²) in [6.45, 7) is 0.170. The van der Waals surface area contributed by atoms with Crippen LogP contribution in [-0.2, 0) is 0 Å². The van der Waals surface area contributed by atoms with Gasteiger partial charge in [-0.25, -0.2) is 0 Å². The van der Waals surface area contributed by atoms with E-state index in [1.165, 1.54) is 12.2 Å². The fourth-order valence-corrected chi connectivity index (χ4v) is 3.21. The van der Waals surface area contributed by atoms with Gasteiger partial charge in [0.1, 0.15) is 6.10 Å². The van der Waals surface area contributed by atoms with Gasteiger partial charge in [-0.1, -0.05) is 12.1 Å². The molecule has 1 aliphatic heterocycles. The summed E-state index contributed by atoms with van der Waals surface area (Å²) in [4.78, 5) is 0. The van der Waals surface area contributed by atoms with Crippen LogP contribution < -0.4 is 15.2 Å². The lowest BCUT2D eigenvalue weighted by molar-refractivity contribution is 0.163. The van der Waals surface area contributed by atoms with Gasteiger partial charge in [-0.2, -0.15) is 11.8 Å². The zero-order valence-electron chi connectivity index (χ0n) is 11.2. The van der Waals surface area contributed by atoms with Gasteiger partial charge in [0.2, 0.25) is 0 Å². The minimum Gasteiger partial charge on any atom is -0.493 e. The molecule has 1 fully saturated rings. The fraction of sp³-hybridized carbons (Fsp3) is 0.571. The van der Waals surface area contributed by atoms with E-state index in [4.69, 9.17) is 15.2 Å². The summed E-state index contributed by atoms with van der Waals surface area (Å²) in [6, 6.07) is 5.53. The van der Waals surface area contributed by atoms with Crippen molar-refractivity contribution in [1.29, 1.82) is 0 Å². The van der Waals surface area contributed by atoms with Gasteiger partial charge in [0, 0.05) is 17.9 Å². The number of benzene rings is 1. The largest absolute Gasteiger partial charge is 0.493 e. The number of hydrogen-bond acceptors (Lipinski definition) is 5. The maximum Gasteiger partial charge on any atom is 0.167 e. The minimum atomic E-state index is -0.721. The standard InChI is InChI=1S/C14H21NO3S/c1-17-13-6-2-5-11(12(16)8-15)14(13)18-10-4-3-7-19-9-10/h2,5-6,10,12,16H,3-4,7-9,15H2,1H3. The third-order valence-corrected chi connectivity index (χ3v) is 4.40. The molecule has 1 saturated heterocycles. The highest BCUT2D eigenvalue weighted by Gasteiger charge is 2.22. The highest BCUT2D eigenvalue weighted by Crippen LogP contribution is 2.36. The van der Waals surface area contributed by atoms with E-state index in [2.05, 4.69) is 0 Å². The summed E-state index contributed by atoms with van der Waals surface area (Å²) in [5.41, 5.74) is 6.25.